The van der Waals surface area contributed by atoms with Crippen molar-refractivity contribution >= 4 is 39.5 Å². The molecule has 0 aliphatic heterocycles. The van der Waals surface area contributed by atoms with Crippen LogP contribution < -0.4 is 0 Å². The lowest BCUT2D eigenvalue weighted by Gasteiger charge is -2.20. The fourth-order valence-corrected chi connectivity index (χ4v) is 6.28. The summed E-state index contributed by atoms with van der Waals surface area (Å²) in [7, 11) is 0. The zero-order valence-electron chi connectivity index (χ0n) is 24.1. The van der Waals surface area contributed by atoms with E-state index in [2.05, 4.69) is 130 Å². The molecule has 5 nitrogen and oxygen atoms in total. The topological polar surface area (TPSA) is 48.5 Å². The van der Waals surface area contributed by atoms with E-state index in [-0.39, 0.29) is 0 Å². The predicted molar refractivity (Wildman–Crippen MR) is 181 cm³/mol. The van der Waals surface area contributed by atoms with Crippen LogP contribution in [0.25, 0.3) is 67.5 Å². The normalized spacial score (nSPS) is 14.8. The van der Waals surface area contributed by atoms with Crippen LogP contribution in [0.2, 0.25) is 5.02 Å². The molecule has 212 valence electrons. The zero-order chi connectivity index (χ0) is 29.6. The average molecular weight is 590 g/mol. The van der Waals surface area contributed by atoms with Crippen LogP contribution in [-0.4, -0.2) is 24.1 Å². The fraction of sp³-hybridized carbons (Fsp3) is 0.0789. The van der Waals surface area contributed by atoms with Gasteiger partial charge in [-0.2, -0.15) is 0 Å². The zero-order valence-corrected chi connectivity index (χ0v) is 24.9. The highest BCUT2D eigenvalue weighted by Crippen LogP contribution is 2.36. The number of hydrogen-bond donors (Lipinski definition) is 0. The number of rotatable bonds is 5. The molecule has 0 N–H and O–H groups in total. The first kappa shape index (κ1) is 26.4. The van der Waals surface area contributed by atoms with Crippen LogP contribution in [-0.2, 0) is 0 Å². The minimum absolute atomic E-state index is 0.338. The fourth-order valence-electron chi connectivity index (χ4n) is 6.09. The van der Waals surface area contributed by atoms with Crippen molar-refractivity contribution in [1.82, 2.24) is 24.1 Å². The number of allylic oxidation sites excluding steroid dienone is 4. The van der Waals surface area contributed by atoms with Gasteiger partial charge < -0.3 is 0 Å². The first-order chi connectivity index (χ1) is 21.7. The molecule has 0 fully saturated rings. The van der Waals surface area contributed by atoms with E-state index in [0.717, 1.165) is 62.7 Å². The molecule has 8 rings (SSSR count). The Balaban J connectivity index is 1.17. The van der Waals surface area contributed by atoms with Gasteiger partial charge in [-0.25, -0.2) is 15.0 Å². The number of hydrogen-bond acceptors (Lipinski definition) is 3. The molecule has 7 aromatic rings. The van der Waals surface area contributed by atoms with Crippen molar-refractivity contribution in [2.24, 2.45) is 5.92 Å². The van der Waals surface area contributed by atoms with Gasteiger partial charge in [-0.3, -0.25) is 9.13 Å². The van der Waals surface area contributed by atoms with Crippen molar-refractivity contribution in [1.29, 1.82) is 0 Å². The molecule has 1 atom stereocenters. The monoisotopic (exact) mass is 589 g/mol. The molecule has 1 unspecified atom stereocenters. The van der Waals surface area contributed by atoms with E-state index < -0.39 is 0 Å². The van der Waals surface area contributed by atoms with Crippen molar-refractivity contribution in [2.45, 2.75) is 13.3 Å². The lowest BCUT2D eigenvalue weighted by molar-refractivity contribution is 0.719. The average Bonchev–Trinajstić information content (AvgIpc) is 3.66. The summed E-state index contributed by atoms with van der Waals surface area (Å²) in [5.74, 6) is 2.11. The Bertz CT molecular complexity index is 2200. The first-order valence-electron chi connectivity index (χ1n) is 14.8. The van der Waals surface area contributed by atoms with Gasteiger partial charge in [-0.05, 0) is 54.0 Å². The van der Waals surface area contributed by atoms with Crippen molar-refractivity contribution in [3.63, 3.8) is 0 Å². The van der Waals surface area contributed by atoms with Gasteiger partial charge in [0.25, 0.3) is 0 Å². The van der Waals surface area contributed by atoms with Crippen LogP contribution >= 0.6 is 11.6 Å². The van der Waals surface area contributed by atoms with Gasteiger partial charge in [0.15, 0.2) is 5.65 Å². The van der Waals surface area contributed by atoms with E-state index in [9.17, 15) is 0 Å². The van der Waals surface area contributed by atoms with Crippen LogP contribution in [0.5, 0.6) is 0 Å². The number of nitrogens with zero attached hydrogens (tertiary/aromatic N) is 5. The lowest BCUT2D eigenvalue weighted by Crippen LogP contribution is -2.10. The molecule has 44 heavy (non-hydrogen) atoms. The molecule has 0 spiro atoms. The molecule has 3 aromatic heterocycles. The smallest absolute Gasteiger partial charge is 0.166 e. The number of halogens is 1. The summed E-state index contributed by atoms with van der Waals surface area (Å²) in [5.41, 5.74) is 10.2. The van der Waals surface area contributed by atoms with Gasteiger partial charge >= 0.3 is 0 Å². The van der Waals surface area contributed by atoms with Gasteiger partial charge in [-0.1, -0.05) is 110 Å². The van der Waals surface area contributed by atoms with E-state index in [1.807, 2.05) is 12.1 Å². The van der Waals surface area contributed by atoms with Crippen LogP contribution in [0.1, 0.15) is 13.3 Å². The molecule has 1 aliphatic rings. The molecular weight excluding hydrogens is 562 g/mol. The van der Waals surface area contributed by atoms with E-state index >= 15 is 0 Å². The van der Waals surface area contributed by atoms with Gasteiger partial charge in [-0.15, -0.1) is 0 Å². The summed E-state index contributed by atoms with van der Waals surface area (Å²) in [4.78, 5) is 14.6. The summed E-state index contributed by atoms with van der Waals surface area (Å²) in [6.45, 7) is 2.23. The SMILES string of the molecule is CC1CC=CC=C1n1c(-c2ccc(-c3ccc(-n4c(-c5ccccc5)nc5ccccc54)cc3)cc2)nc2c(Cl)ccnc21. The molecule has 0 bridgehead atoms. The van der Waals surface area contributed by atoms with Gasteiger partial charge in [0.05, 0.1) is 16.1 Å². The second-order valence-corrected chi connectivity index (χ2v) is 11.5. The van der Waals surface area contributed by atoms with E-state index in [4.69, 9.17) is 21.6 Å². The Morgan fingerprint density at radius 1 is 0.682 bits per heavy atom. The molecule has 0 radical (unpaired) electrons. The second kappa shape index (κ2) is 10.8. The summed E-state index contributed by atoms with van der Waals surface area (Å²) < 4.78 is 4.40. The second-order valence-electron chi connectivity index (χ2n) is 11.1. The van der Waals surface area contributed by atoms with Gasteiger partial charge in [0.2, 0.25) is 0 Å². The number of para-hydroxylation sites is 2. The highest BCUT2D eigenvalue weighted by atomic mass is 35.5. The Kier molecular flexibility index (Phi) is 6.46. The highest BCUT2D eigenvalue weighted by Gasteiger charge is 2.22. The summed E-state index contributed by atoms with van der Waals surface area (Å²) in [6.07, 6.45) is 9.19. The Morgan fingerprint density at radius 2 is 1.34 bits per heavy atom. The molecule has 4 aromatic carbocycles. The van der Waals surface area contributed by atoms with Crippen molar-refractivity contribution < 1.29 is 0 Å². The maximum atomic E-state index is 6.58. The molecule has 1 aliphatic carbocycles. The Morgan fingerprint density at radius 3 is 2.11 bits per heavy atom. The minimum atomic E-state index is 0.338. The maximum absolute atomic E-state index is 6.58. The van der Waals surface area contributed by atoms with E-state index in [1.165, 1.54) is 5.70 Å². The Hall–Kier alpha value is -5.26. The number of aromatic nitrogens is 5. The standard InChI is InChI=1S/C38H28ClN5/c1-25-9-5-7-13-33(25)44-37(42-35-31(39)23-24-40-38(35)44)29-17-15-26(16-18-29)27-19-21-30(22-20-27)43-34-14-8-6-12-32(34)41-36(43)28-10-3-2-4-11-28/h2-8,10-25H,9H2,1H3. The van der Waals surface area contributed by atoms with Crippen molar-refractivity contribution in [2.75, 3.05) is 0 Å². The van der Waals surface area contributed by atoms with Crippen LogP contribution in [0.4, 0.5) is 0 Å². The highest BCUT2D eigenvalue weighted by molar-refractivity contribution is 6.34. The lowest BCUT2D eigenvalue weighted by atomic mass is 9.98. The molecule has 0 amide bonds. The maximum Gasteiger partial charge on any atom is 0.166 e. The van der Waals surface area contributed by atoms with Gasteiger partial charge in [0.1, 0.15) is 17.2 Å². The van der Waals surface area contributed by atoms with Crippen LogP contribution in [0.3, 0.4) is 0 Å². The van der Waals surface area contributed by atoms with Crippen LogP contribution in [0.15, 0.2) is 134 Å². The number of benzene rings is 4. The van der Waals surface area contributed by atoms with Crippen molar-refractivity contribution in [3.8, 4) is 39.6 Å². The summed E-state index contributed by atoms with van der Waals surface area (Å²) in [6, 6.07) is 37.7. The van der Waals surface area contributed by atoms with Crippen molar-refractivity contribution in [3.05, 3.63) is 139 Å². The molecule has 0 saturated carbocycles. The third-order valence-electron chi connectivity index (χ3n) is 8.35. The van der Waals surface area contributed by atoms with Crippen LogP contribution in [0, 0.1) is 5.92 Å². The number of imidazole rings is 2. The first-order valence-corrected chi connectivity index (χ1v) is 15.2. The largest absolute Gasteiger partial charge is 0.292 e. The molecule has 3 heterocycles. The molecule has 6 heteroatoms. The molecular formula is C38H28ClN5. The quantitative estimate of drug-likeness (QED) is 0.201. The number of fused-ring (bicyclic) bond motifs is 2. The number of pyridine rings is 1. The summed E-state index contributed by atoms with van der Waals surface area (Å²) >= 11 is 6.58. The van der Waals surface area contributed by atoms with E-state index in [1.54, 1.807) is 12.3 Å². The predicted octanol–water partition coefficient (Wildman–Crippen LogP) is 9.86. The minimum Gasteiger partial charge on any atom is -0.292 e. The third kappa shape index (κ3) is 4.45. The summed E-state index contributed by atoms with van der Waals surface area (Å²) in [5, 5.41) is 0.604. The van der Waals surface area contributed by atoms with E-state index in [0.29, 0.717) is 16.5 Å². The van der Waals surface area contributed by atoms with Gasteiger partial charge in [0, 0.05) is 34.6 Å². The third-order valence-corrected chi connectivity index (χ3v) is 8.65. The molecule has 0 saturated heterocycles. The Labute approximate surface area is 260 Å².